The van der Waals surface area contributed by atoms with E-state index in [0.29, 0.717) is 30.4 Å². The number of aliphatic hydroxyl groups is 1. The number of hydrogen-bond donors (Lipinski definition) is 1. The van der Waals surface area contributed by atoms with E-state index in [1.54, 1.807) is 28.6 Å². The van der Waals surface area contributed by atoms with Gasteiger partial charge < -0.3 is 5.11 Å². The first-order chi connectivity index (χ1) is 10.1. The van der Waals surface area contributed by atoms with E-state index in [1.807, 2.05) is 0 Å². The highest BCUT2D eigenvalue weighted by Crippen LogP contribution is 2.28. The maximum atomic E-state index is 12.6. The van der Waals surface area contributed by atoms with Crippen molar-refractivity contribution in [3.63, 3.8) is 0 Å². The Morgan fingerprint density at radius 3 is 2.19 bits per heavy atom. The third-order valence-corrected chi connectivity index (χ3v) is 6.21. The van der Waals surface area contributed by atoms with Gasteiger partial charge in [-0.05, 0) is 37.0 Å². The van der Waals surface area contributed by atoms with Gasteiger partial charge >= 0.3 is 0 Å². The predicted octanol–water partition coefficient (Wildman–Crippen LogP) is 0.690. The summed E-state index contributed by atoms with van der Waals surface area (Å²) < 4.78 is 26.8. The summed E-state index contributed by atoms with van der Waals surface area (Å²) in [5.41, 5.74) is 0.954. The molecule has 5 nitrogen and oxygen atoms in total. The molecular formula is C15H22N2O3S. The van der Waals surface area contributed by atoms with Gasteiger partial charge in [0.15, 0.2) is 0 Å². The van der Waals surface area contributed by atoms with Gasteiger partial charge in [-0.3, -0.25) is 4.90 Å². The van der Waals surface area contributed by atoms with Crippen LogP contribution >= 0.6 is 0 Å². The van der Waals surface area contributed by atoms with Gasteiger partial charge in [-0.1, -0.05) is 12.1 Å². The lowest BCUT2D eigenvalue weighted by Crippen LogP contribution is -2.49. The van der Waals surface area contributed by atoms with Crippen molar-refractivity contribution in [3.05, 3.63) is 29.8 Å². The van der Waals surface area contributed by atoms with Crippen LogP contribution in [0.1, 0.15) is 18.4 Å². The monoisotopic (exact) mass is 310 g/mol. The quantitative estimate of drug-likeness (QED) is 0.869. The van der Waals surface area contributed by atoms with Gasteiger partial charge in [0.1, 0.15) is 0 Å². The van der Waals surface area contributed by atoms with Gasteiger partial charge in [0.25, 0.3) is 0 Å². The zero-order valence-electron chi connectivity index (χ0n) is 12.1. The third kappa shape index (κ3) is 3.29. The summed E-state index contributed by atoms with van der Waals surface area (Å²) in [4.78, 5) is 2.75. The molecule has 116 valence electrons. The molecule has 0 aromatic heterocycles. The number of aliphatic hydroxyl groups excluding tert-OH is 1. The molecule has 6 heteroatoms. The molecule has 0 amide bonds. The number of sulfonamides is 1. The van der Waals surface area contributed by atoms with E-state index in [9.17, 15) is 8.42 Å². The molecule has 0 unspecified atom stereocenters. The van der Waals surface area contributed by atoms with Crippen LogP contribution in [0.25, 0.3) is 0 Å². The molecule has 1 heterocycles. The molecule has 1 aromatic carbocycles. The first-order valence-corrected chi connectivity index (χ1v) is 8.99. The summed E-state index contributed by atoms with van der Waals surface area (Å²) in [6, 6.07) is 7.56. The van der Waals surface area contributed by atoms with E-state index < -0.39 is 10.0 Å². The van der Waals surface area contributed by atoms with Crippen molar-refractivity contribution >= 4 is 10.0 Å². The van der Waals surface area contributed by atoms with Crippen LogP contribution in [-0.2, 0) is 16.4 Å². The molecule has 0 radical (unpaired) electrons. The molecule has 2 aliphatic rings. The summed E-state index contributed by atoms with van der Waals surface area (Å²) in [7, 11) is -3.38. The van der Waals surface area contributed by atoms with E-state index in [-0.39, 0.29) is 6.61 Å². The van der Waals surface area contributed by atoms with Crippen LogP contribution in [0.5, 0.6) is 0 Å². The fraction of sp³-hybridized carbons (Fsp3) is 0.600. The Bertz CT molecular complexity index is 573. The van der Waals surface area contributed by atoms with E-state index in [4.69, 9.17) is 5.11 Å². The van der Waals surface area contributed by atoms with E-state index in [1.165, 1.54) is 12.8 Å². The minimum absolute atomic E-state index is 0.0786. The summed E-state index contributed by atoms with van der Waals surface area (Å²) in [6.45, 7) is 2.92. The van der Waals surface area contributed by atoms with Crippen molar-refractivity contribution in [1.82, 2.24) is 9.21 Å². The lowest BCUT2D eigenvalue weighted by molar-refractivity contribution is 0.180. The van der Waals surface area contributed by atoms with Gasteiger partial charge in [-0.25, -0.2) is 8.42 Å². The zero-order chi connectivity index (χ0) is 14.9. The van der Waals surface area contributed by atoms with E-state index in [2.05, 4.69) is 4.90 Å². The largest absolute Gasteiger partial charge is 0.396 e. The van der Waals surface area contributed by atoms with Crippen LogP contribution in [0.15, 0.2) is 29.2 Å². The molecule has 2 fully saturated rings. The maximum Gasteiger partial charge on any atom is 0.243 e. The minimum Gasteiger partial charge on any atom is -0.396 e. The van der Waals surface area contributed by atoms with Crippen LogP contribution in [0.3, 0.4) is 0 Å². The van der Waals surface area contributed by atoms with Crippen LogP contribution in [0, 0.1) is 0 Å². The van der Waals surface area contributed by atoms with Crippen LogP contribution in [-0.4, -0.2) is 61.6 Å². The fourth-order valence-corrected chi connectivity index (χ4v) is 4.28. The number of benzene rings is 1. The summed E-state index contributed by atoms with van der Waals surface area (Å²) in [5, 5.41) is 8.90. The number of rotatable bonds is 5. The molecule has 21 heavy (non-hydrogen) atoms. The van der Waals surface area contributed by atoms with Crippen LogP contribution in [0.2, 0.25) is 0 Å². The average molecular weight is 310 g/mol. The Morgan fingerprint density at radius 2 is 1.67 bits per heavy atom. The molecule has 0 atom stereocenters. The summed E-state index contributed by atoms with van der Waals surface area (Å²) in [6.07, 6.45) is 3.08. The topological polar surface area (TPSA) is 60.9 Å². The maximum absolute atomic E-state index is 12.6. The molecule has 1 aliphatic heterocycles. The van der Waals surface area contributed by atoms with Crippen molar-refractivity contribution < 1.29 is 13.5 Å². The summed E-state index contributed by atoms with van der Waals surface area (Å²) >= 11 is 0. The number of piperazine rings is 1. The molecule has 1 aliphatic carbocycles. The van der Waals surface area contributed by atoms with E-state index in [0.717, 1.165) is 18.7 Å². The van der Waals surface area contributed by atoms with Crippen molar-refractivity contribution in [3.8, 4) is 0 Å². The zero-order valence-corrected chi connectivity index (χ0v) is 12.9. The lowest BCUT2D eigenvalue weighted by Gasteiger charge is -2.34. The molecule has 1 aromatic rings. The highest BCUT2D eigenvalue weighted by atomic mass is 32.2. The van der Waals surface area contributed by atoms with Crippen LogP contribution < -0.4 is 0 Å². The van der Waals surface area contributed by atoms with Gasteiger partial charge in [-0.2, -0.15) is 4.31 Å². The third-order valence-electron chi connectivity index (χ3n) is 4.30. The van der Waals surface area contributed by atoms with Crippen molar-refractivity contribution in [2.45, 2.75) is 30.2 Å². The second-order valence-corrected chi connectivity index (χ2v) is 7.73. The Labute approximate surface area is 126 Å². The first kappa shape index (κ1) is 15.0. The highest BCUT2D eigenvalue weighted by molar-refractivity contribution is 7.89. The molecular weight excluding hydrogens is 288 g/mol. The van der Waals surface area contributed by atoms with Crippen LogP contribution in [0.4, 0.5) is 0 Å². The van der Waals surface area contributed by atoms with Gasteiger partial charge in [0.2, 0.25) is 10.0 Å². The Morgan fingerprint density at radius 1 is 1.05 bits per heavy atom. The normalized spacial score (nSPS) is 21.6. The van der Waals surface area contributed by atoms with Gasteiger partial charge in [0, 0.05) is 38.8 Å². The molecule has 0 spiro atoms. The van der Waals surface area contributed by atoms with Crippen molar-refractivity contribution in [1.29, 1.82) is 0 Å². The molecule has 1 saturated carbocycles. The average Bonchev–Trinajstić information content (AvgIpc) is 3.33. The Hall–Kier alpha value is -0.950. The molecule has 1 saturated heterocycles. The number of nitrogens with zero attached hydrogens (tertiary/aromatic N) is 2. The Balaban J connectivity index is 1.68. The minimum atomic E-state index is -3.38. The standard InChI is InChI=1S/C15H22N2O3S/c18-12-7-13-1-5-15(6-2-13)21(19,20)17-10-8-16(9-11-17)14-3-4-14/h1-2,5-6,14,18H,3-4,7-12H2. The van der Waals surface area contributed by atoms with Gasteiger partial charge in [-0.15, -0.1) is 0 Å². The fourth-order valence-electron chi connectivity index (χ4n) is 2.86. The predicted molar refractivity (Wildman–Crippen MR) is 80.6 cm³/mol. The number of hydrogen-bond acceptors (Lipinski definition) is 4. The second kappa shape index (κ2) is 6.04. The van der Waals surface area contributed by atoms with Crippen molar-refractivity contribution in [2.24, 2.45) is 0 Å². The highest BCUT2D eigenvalue weighted by Gasteiger charge is 2.34. The Kier molecular flexibility index (Phi) is 4.31. The first-order valence-electron chi connectivity index (χ1n) is 7.55. The molecule has 1 N–H and O–H groups in total. The smallest absolute Gasteiger partial charge is 0.243 e. The van der Waals surface area contributed by atoms with E-state index >= 15 is 0 Å². The molecule has 3 rings (SSSR count). The summed E-state index contributed by atoms with van der Waals surface area (Å²) in [5.74, 6) is 0. The lowest BCUT2D eigenvalue weighted by atomic mass is 10.2. The van der Waals surface area contributed by atoms with Gasteiger partial charge in [0.05, 0.1) is 4.90 Å². The molecule has 0 bridgehead atoms. The SMILES string of the molecule is O=S(=O)(c1ccc(CCO)cc1)N1CCN(C2CC2)CC1. The van der Waals surface area contributed by atoms with Crippen molar-refractivity contribution in [2.75, 3.05) is 32.8 Å². The second-order valence-electron chi connectivity index (χ2n) is 5.79.